The molecule has 1 aromatic heterocycles. The topological polar surface area (TPSA) is 56.3 Å². The number of fused-ring (bicyclic) bond motifs is 1. The summed E-state index contributed by atoms with van der Waals surface area (Å²) in [4.78, 5) is 27.6. The predicted octanol–water partition coefficient (Wildman–Crippen LogP) is 3.53. The average Bonchev–Trinajstić information content (AvgIpc) is 2.60. The van der Waals surface area contributed by atoms with E-state index in [1.165, 1.54) is 12.7 Å². The Balaban J connectivity index is 2.18. The Morgan fingerprint density at radius 1 is 1.22 bits per heavy atom. The first-order chi connectivity index (χ1) is 11.1. The van der Waals surface area contributed by atoms with Gasteiger partial charge in [-0.15, -0.1) is 0 Å². The fourth-order valence-corrected chi connectivity index (χ4v) is 3.16. The molecule has 0 atom stereocenters. The Hall–Kier alpha value is -2.49. The van der Waals surface area contributed by atoms with Crippen molar-refractivity contribution in [3.63, 3.8) is 0 Å². The number of aldehydes is 1. The molecule has 23 heavy (non-hydrogen) atoms. The highest BCUT2D eigenvalue weighted by Gasteiger charge is 2.19. The summed E-state index contributed by atoms with van der Waals surface area (Å²) in [7, 11) is 1.38. The van der Waals surface area contributed by atoms with Crippen LogP contribution in [0.1, 0.15) is 50.5 Å². The minimum atomic E-state index is -0.345. The molecule has 3 rings (SSSR count). The zero-order chi connectivity index (χ0) is 16.4. The second-order valence-electron chi connectivity index (χ2n) is 5.87. The van der Waals surface area contributed by atoms with Gasteiger partial charge in [0.05, 0.1) is 12.7 Å². The summed E-state index contributed by atoms with van der Waals surface area (Å²) in [5.74, 6) is -0.345. The van der Waals surface area contributed by atoms with Crippen LogP contribution in [0.5, 0.6) is 0 Å². The molecule has 0 aliphatic heterocycles. The van der Waals surface area contributed by atoms with E-state index in [4.69, 9.17) is 4.74 Å². The fraction of sp³-hybridized carbons (Fsp3) is 0.316. The number of methoxy groups -OCH3 is 1. The lowest BCUT2D eigenvalue weighted by atomic mass is 9.88. The van der Waals surface area contributed by atoms with Crippen LogP contribution < -0.4 is 0 Å². The molecule has 1 aliphatic carbocycles. The Morgan fingerprint density at radius 3 is 2.74 bits per heavy atom. The van der Waals surface area contributed by atoms with Gasteiger partial charge in [0.25, 0.3) is 0 Å². The van der Waals surface area contributed by atoms with Gasteiger partial charge < -0.3 is 4.74 Å². The second-order valence-corrected chi connectivity index (χ2v) is 5.87. The number of nitrogens with zero attached hydrogens (tertiary/aromatic N) is 1. The van der Waals surface area contributed by atoms with Gasteiger partial charge in [0, 0.05) is 5.69 Å². The number of carbonyl (C=O) groups is 2. The van der Waals surface area contributed by atoms with Crippen LogP contribution in [0.2, 0.25) is 0 Å². The first-order valence-electron chi connectivity index (χ1n) is 7.81. The standard InChI is InChI=1S/C19H19NO3/c1-12-7-8-13(9-16(12)19(22)23-2)17-10-14(11-21)20-18-6-4-3-5-15(17)18/h7-11H,3-6H2,1-2H3. The van der Waals surface area contributed by atoms with Crippen LogP contribution in [0.4, 0.5) is 0 Å². The number of carbonyl (C=O) groups excluding carboxylic acids is 2. The number of ether oxygens (including phenoxy) is 1. The van der Waals surface area contributed by atoms with E-state index < -0.39 is 0 Å². The molecule has 0 spiro atoms. The molecular weight excluding hydrogens is 290 g/mol. The average molecular weight is 309 g/mol. The van der Waals surface area contributed by atoms with Gasteiger partial charge >= 0.3 is 5.97 Å². The van der Waals surface area contributed by atoms with Crippen LogP contribution in [0.25, 0.3) is 11.1 Å². The molecule has 0 N–H and O–H groups in total. The molecule has 4 heteroatoms. The zero-order valence-electron chi connectivity index (χ0n) is 13.4. The Morgan fingerprint density at radius 2 is 2.00 bits per heavy atom. The van der Waals surface area contributed by atoms with Crippen molar-refractivity contribution >= 4 is 12.3 Å². The maximum absolute atomic E-state index is 11.9. The largest absolute Gasteiger partial charge is 0.465 e. The molecule has 0 radical (unpaired) electrons. The van der Waals surface area contributed by atoms with Crippen molar-refractivity contribution in [3.05, 3.63) is 52.3 Å². The van der Waals surface area contributed by atoms with E-state index in [0.717, 1.165) is 54.4 Å². The third kappa shape index (κ3) is 2.89. The monoisotopic (exact) mass is 309 g/mol. The van der Waals surface area contributed by atoms with Gasteiger partial charge in [-0.25, -0.2) is 9.78 Å². The van der Waals surface area contributed by atoms with Gasteiger partial charge in [0.1, 0.15) is 5.69 Å². The quantitative estimate of drug-likeness (QED) is 0.643. The molecule has 0 saturated carbocycles. The Bertz CT molecular complexity index is 780. The normalized spacial score (nSPS) is 13.3. The molecule has 1 aliphatic rings. The summed E-state index contributed by atoms with van der Waals surface area (Å²) >= 11 is 0. The highest BCUT2D eigenvalue weighted by Crippen LogP contribution is 2.32. The predicted molar refractivity (Wildman–Crippen MR) is 87.8 cm³/mol. The summed E-state index contributed by atoms with van der Waals surface area (Å²) in [5.41, 5.74) is 6.01. The molecule has 0 amide bonds. The number of benzene rings is 1. The van der Waals surface area contributed by atoms with E-state index in [0.29, 0.717) is 11.3 Å². The summed E-state index contributed by atoms with van der Waals surface area (Å²) in [6, 6.07) is 7.57. The van der Waals surface area contributed by atoms with Crippen LogP contribution in [0.3, 0.4) is 0 Å². The first kappa shape index (κ1) is 15.4. The highest BCUT2D eigenvalue weighted by atomic mass is 16.5. The molecule has 1 aromatic carbocycles. The minimum absolute atomic E-state index is 0.345. The van der Waals surface area contributed by atoms with Crippen molar-refractivity contribution in [1.82, 2.24) is 4.98 Å². The zero-order valence-corrected chi connectivity index (χ0v) is 13.4. The van der Waals surface area contributed by atoms with E-state index in [2.05, 4.69) is 4.98 Å². The number of esters is 1. The van der Waals surface area contributed by atoms with Gasteiger partial charge in [-0.05, 0) is 67.0 Å². The third-order valence-electron chi connectivity index (χ3n) is 4.39. The van der Waals surface area contributed by atoms with Gasteiger partial charge in [-0.1, -0.05) is 12.1 Å². The van der Waals surface area contributed by atoms with Crippen molar-refractivity contribution in [2.45, 2.75) is 32.6 Å². The van der Waals surface area contributed by atoms with Gasteiger partial charge in [0.2, 0.25) is 0 Å². The van der Waals surface area contributed by atoms with E-state index in [9.17, 15) is 9.59 Å². The summed E-state index contributed by atoms with van der Waals surface area (Å²) in [6.45, 7) is 1.88. The Kier molecular flexibility index (Phi) is 4.24. The molecule has 0 bridgehead atoms. The summed E-state index contributed by atoms with van der Waals surface area (Å²) < 4.78 is 4.86. The SMILES string of the molecule is COC(=O)c1cc(-c2cc(C=O)nc3c2CCCC3)ccc1C. The summed E-state index contributed by atoms with van der Waals surface area (Å²) in [6.07, 6.45) is 4.87. The maximum atomic E-state index is 11.9. The van der Waals surface area contributed by atoms with Crippen molar-refractivity contribution in [2.24, 2.45) is 0 Å². The summed E-state index contributed by atoms with van der Waals surface area (Å²) in [5, 5.41) is 0. The lowest BCUT2D eigenvalue weighted by Gasteiger charge is -2.20. The molecule has 2 aromatic rings. The minimum Gasteiger partial charge on any atom is -0.465 e. The van der Waals surface area contributed by atoms with E-state index in [-0.39, 0.29) is 5.97 Å². The van der Waals surface area contributed by atoms with Crippen LogP contribution >= 0.6 is 0 Å². The molecule has 118 valence electrons. The molecule has 4 nitrogen and oxygen atoms in total. The second kappa shape index (κ2) is 6.32. The first-order valence-corrected chi connectivity index (χ1v) is 7.81. The van der Waals surface area contributed by atoms with Crippen LogP contribution in [0, 0.1) is 6.92 Å². The smallest absolute Gasteiger partial charge is 0.338 e. The highest BCUT2D eigenvalue weighted by molar-refractivity contribution is 5.93. The van der Waals surface area contributed by atoms with E-state index in [1.54, 1.807) is 0 Å². The van der Waals surface area contributed by atoms with Crippen LogP contribution in [0.15, 0.2) is 24.3 Å². The van der Waals surface area contributed by atoms with Gasteiger partial charge in [0.15, 0.2) is 6.29 Å². The lowest BCUT2D eigenvalue weighted by molar-refractivity contribution is 0.0600. The third-order valence-corrected chi connectivity index (χ3v) is 4.39. The van der Waals surface area contributed by atoms with Crippen LogP contribution in [-0.4, -0.2) is 24.3 Å². The van der Waals surface area contributed by atoms with Crippen molar-refractivity contribution in [2.75, 3.05) is 7.11 Å². The van der Waals surface area contributed by atoms with E-state index in [1.807, 2.05) is 31.2 Å². The Labute approximate surface area is 135 Å². The van der Waals surface area contributed by atoms with Gasteiger partial charge in [-0.2, -0.15) is 0 Å². The fourth-order valence-electron chi connectivity index (χ4n) is 3.16. The molecule has 0 fully saturated rings. The number of aryl methyl sites for hydroxylation is 2. The maximum Gasteiger partial charge on any atom is 0.338 e. The molecular formula is C19H19NO3. The number of aromatic nitrogens is 1. The van der Waals surface area contributed by atoms with Crippen molar-refractivity contribution in [3.8, 4) is 11.1 Å². The van der Waals surface area contributed by atoms with Crippen molar-refractivity contribution in [1.29, 1.82) is 0 Å². The number of hydrogen-bond acceptors (Lipinski definition) is 4. The van der Waals surface area contributed by atoms with Crippen molar-refractivity contribution < 1.29 is 14.3 Å². The number of rotatable bonds is 3. The molecule has 0 unspecified atom stereocenters. The molecule has 0 saturated heterocycles. The number of pyridine rings is 1. The van der Waals surface area contributed by atoms with Gasteiger partial charge in [-0.3, -0.25) is 4.79 Å². The number of hydrogen-bond donors (Lipinski definition) is 0. The van der Waals surface area contributed by atoms with Crippen LogP contribution in [-0.2, 0) is 17.6 Å². The van der Waals surface area contributed by atoms with E-state index >= 15 is 0 Å². The lowest BCUT2D eigenvalue weighted by Crippen LogP contribution is -2.10. The molecule has 1 heterocycles.